The molecular weight excluding hydrogens is 322 g/mol. The number of nitrogens with zero attached hydrogens (tertiary/aromatic N) is 2. The molecule has 6 heteroatoms. The van der Waals surface area contributed by atoms with Crippen LogP contribution in [0.1, 0.15) is 17.0 Å². The Morgan fingerprint density at radius 1 is 0.917 bits per heavy atom. The highest BCUT2D eigenvalue weighted by Gasteiger charge is 2.20. The minimum atomic E-state index is -3.64. The summed E-state index contributed by atoms with van der Waals surface area (Å²) in [6.07, 6.45) is 0. The van der Waals surface area contributed by atoms with Gasteiger partial charge in [0.15, 0.2) is 0 Å². The minimum Gasteiger partial charge on any atom is -0.276 e. The molecule has 0 bridgehead atoms. The molecule has 0 atom stereocenters. The molecular formula is C18H19N3O2S. The van der Waals surface area contributed by atoms with Gasteiger partial charge in [-0.1, -0.05) is 35.9 Å². The molecule has 1 heterocycles. The number of rotatable bonds is 4. The fraction of sp³-hybridized carbons (Fsp3) is 0.167. The van der Waals surface area contributed by atoms with Crippen molar-refractivity contribution in [3.05, 3.63) is 71.5 Å². The zero-order chi connectivity index (χ0) is 17.3. The quantitative estimate of drug-likeness (QED) is 0.788. The number of aryl methyl sites for hydroxylation is 2. The predicted octanol–water partition coefficient (Wildman–Crippen LogP) is 3.60. The molecule has 1 aromatic heterocycles. The van der Waals surface area contributed by atoms with Crippen molar-refractivity contribution in [1.29, 1.82) is 0 Å². The van der Waals surface area contributed by atoms with Crippen LogP contribution in [0.3, 0.4) is 0 Å². The van der Waals surface area contributed by atoms with E-state index in [2.05, 4.69) is 9.82 Å². The van der Waals surface area contributed by atoms with Gasteiger partial charge >= 0.3 is 0 Å². The monoisotopic (exact) mass is 341 g/mol. The third-order valence-electron chi connectivity index (χ3n) is 3.86. The Balaban J connectivity index is 2.00. The van der Waals surface area contributed by atoms with Crippen molar-refractivity contribution in [2.75, 3.05) is 4.72 Å². The van der Waals surface area contributed by atoms with Crippen molar-refractivity contribution < 1.29 is 8.42 Å². The Labute approximate surface area is 142 Å². The standard InChI is InChI=1S/C18H19N3O2S/c1-13-9-11-16(12-10-13)21-15(3)18(14(2)19-21)20-24(22,23)17-7-5-4-6-8-17/h4-12,20H,1-3H3. The maximum atomic E-state index is 12.5. The van der Waals surface area contributed by atoms with Gasteiger partial charge in [-0.2, -0.15) is 5.10 Å². The largest absolute Gasteiger partial charge is 0.276 e. The number of sulfonamides is 1. The van der Waals surface area contributed by atoms with Gasteiger partial charge in [0.05, 0.1) is 27.7 Å². The Hall–Kier alpha value is -2.60. The SMILES string of the molecule is Cc1ccc(-n2nc(C)c(NS(=O)(=O)c3ccccc3)c2C)cc1. The van der Waals surface area contributed by atoms with Crippen molar-refractivity contribution in [2.45, 2.75) is 25.7 Å². The van der Waals surface area contributed by atoms with Crippen LogP contribution in [0.25, 0.3) is 5.69 Å². The molecule has 0 amide bonds. The van der Waals surface area contributed by atoms with Crippen LogP contribution in [0, 0.1) is 20.8 Å². The van der Waals surface area contributed by atoms with E-state index in [-0.39, 0.29) is 4.90 Å². The van der Waals surface area contributed by atoms with E-state index in [1.165, 1.54) is 0 Å². The van der Waals surface area contributed by atoms with Crippen LogP contribution in [-0.2, 0) is 10.0 Å². The zero-order valence-corrected chi connectivity index (χ0v) is 14.6. The average Bonchev–Trinajstić information content (AvgIpc) is 2.84. The Morgan fingerprint density at radius 2 is 1.54 bits per heavy atom. The van der Waals surface area contributed by atoms with E-state index in [1.807, 2.05) is 38.1 Å². The molecule has 3 rings (SSSR count). The Morgan fingerprint density at radius 3 is 2.17 bits per heavy atom. The second kappa shape index (κ2) is 6.13. The molecule has 0 radical (unpaired) electrons. The molecule has 0 aliphatic carbocycles. The van der Waals surface area contributed by atoms with E-state index in [0.717, 1.165) is 16.9 Å². The lowest BCUT2D eigenvalue weighted by atomic mass is 10.2. The lowest BCUT2D eigenvalue weighted by Gasteiger charge is -2.09. The lowest BCUT2D eigenvalue weighted by molar-refractivity contribution is 0.601. The van der Waals surface area contributed by atoms with Crippen molar-refractivity contribution in [3.63, 3.8) is 0 Å². The highest BCUT2D eigenvalue weighted by molar-refractivity contribution is 7.92. The Kier molecular flexibility index (Phi) is 4.15. The summed E-state index contributed by atoms with van der Waals surface area (Å²) in [5, 5.41) is 4.48. The topological polar surface area (TPSA) is 64.0 Å². The number of hydrogen-bond donors (Lipinski definition) is 1. The van der Waals surface area contributed by atoms with Crippen molar-refractivity contribution in [3.8, 4) is 5.69 Å². The first-order chi connectivity index (χ1) is 11.4. The van der Waals surface area contributed by atoms with E-state index in [9.17, 15) is 8.42 Å². The Bertz CT molecular complexity index is 960. The zero-order valence-electron chi connectivity index (χ0n) is 13.8. The predicted molar refractivity (Wildman–Crippen MR) is 95.0 cm³/mol. The molecule has 0 aliphatic rings. The smallest absolute Gasteiger partial charge is 0.262 e. The van der Waals surface area contributed by atoms with Crippen LogP contribution in [0.5, 0.6) is 0 Å². The highest BCUT2D eigenvalue weighted by atomic mass is 32.2. The molecule has 124 valence electrons. The lowest BCUT2D eigenvalue weighted by Crippen LogP contribution is -2.14. The summed E-state index contributed by atoms with van der Waals surface area (Å²) in [5.41, 5.74) is 3.94. The molecule has 0 fully saturated rings. The van der Waals surface area contributed by atoms with Crippen LogP contribution in [-0.4, -0.2) is 18.2 Å². The van der Waals surface area contributed by atoms with Gasteiger partial charge in [-0.3, -0.25) is 4.72 Å². The number of benzene rings is 2. The van der Waals surface area contributed by atoms with Gasteiger partial charge in [0, 0.05) is 0 Å². The fourth-order valence-corrected chi connectivity index (χ4v) is 3.72. The van der Waals surface area contributed by atoms with Crippen molar-refractivity contribution >= 4 is 15.7 Å². The maximum Gasteiger partial charge on any atom is 0.262 e. The summed E-state index contributed by atoms with van der Waals surface area (Å²) in [5.74, 6) is 0. The average molecular weight is 341 g/mol. The number of nitrogens with one attached hydrogen (secondary N) is 1. The van der Waals surface area contributed by atoms with Crippen LogP contribution in [0.4, 0.5) is 5.69 Å². The van der Waals surface area contributed by atoms with Crippen molar-refractivity contribution in [2.24, 2.45) is 0 Å². The van der Waals surface area contributed by atoms with Crippen molar-refractivity contribution in [1.82, 2.24) is 9.78 Å². The highest BCUT2D eigenvalue weighted by Crippen LogP contribution is 2.25. The molecule has 0 spiro atoms. The van der Waals surface area contributed by atoms with Crippen LogP contribution in [0.15, 0.2) is 59.5 Å². The summed E-state index contributed by atoms with van der Waals surface area (Å²) < 4.78 is 29.5. The second-order valence-corrected chi connectivity index (χ2v) is 7.39. The molecule has 5 nitrogen and oxygen atoms in total. The maximum absolute atomic E-state index is 12.5. The van der Waals surface area contributed by atoms with Gasteiger partial charge in [0.2, 0.25) is 0 Å². The summed E-state index contributed by atoms with van der Waals surface area (Å²) in [6.45, 7) is 5.66. The van der Waals surface area contributed by atoms with Crippen LogP contribution in [0.2, 0.25) is 0 Å². The molecule has 2 aromatic carbocycles. The van der Waals surface area contributed by atoms with E-state index >= 15 is 0 Å². The van der Waals surface area contributed by atoms with Gasteiger partial charge in [0.1, 0.15) is 0 Å². The second-order valence-electron chi connectivity index (χ2n) is 5.71. The summed E-state index contributed by atoms with van der Waals surface area (Å²) in [4.78, 5) is 0.229. The molecule has 0 unspecified atom stereocenters. The summed E-state index contributed by atoms with van der Waals surface area (Å²) >= 11 is 0. The van der Waals surface area contributed by atoms with Gasteiger partial charge in [-0.25, -0.2) is 13.1 Å². The normalized spacial score (nSPS) is 11.5. The minimum absolute atomic E-state index is 0.229. The number of anilines is 1. The van der Waals surface area contributed by atoms with E-state index in [1.54, 1.807) is 41.9 Å². The van der Waals surface area contributed by atoms with Crippen LogP contribution >= 0.6 is 0 Å². The number of aromatic nitrogens is 2. The third kappa shape index (κ3) is 3.05. The third-order valence-corrected chi connectivity index (χ3v) is 5.23. The molecule has 0 saturated carbocycles. The van der Waals surface area contributed by atoms with Gasteiger partial charge < -0.3 is 0 Å². The van der Waals surface area contributed by atoms with Crippen LogP contribution < -0.4 is 4.72 Å². The fourth-order valence-electron chi connectivity index (χ4n) is 2.52. The van der Waals surface area contributed by atoms with E-state index < -0.39 is 10.0 Å². The number of hydrogen-bond acceptors (Lipinski definition) is 3. The van der Waals surface area contributed by atoms with E-state index in [4.69, 9.17) is 0 Å². The molecule has 0 aliphatic heterocycles. The first-order valence-corrected chi connectivity index (χ1v) is 9.08. The van der Waals surface area contributed by atoms with E-state index in [0.29, 0.717) is 11.4 Å². The van der Waals surface area contributed by atoms with Gasteiger partial charge in [0.25, 0.3) is 10.0 Å². The van der Waals surface area contributed by atoms with Gasteiger partial charge in [-0.05, 0) is 45.0 Å². The molecule has 3 aromatic rings. The first-order valence-electron chi connectivity index (χ1n) is 7.59. The molecule has 1 N–H and O–H groups in total. The molecule has 24 heavy (non-hydrogen) atoms. The van der Waals surface area contributed by atoms with Gasteiger partial charge in [-0.15, -0.1) is 0 Å². The first kappa shape index (κ1) is 16.3. The molecule has 0 saturated heterocycles. The summed E-state index contributed by atoms with van der Waals surface area (Å²) in [6, 6.07) is 16.2. The summed E-state index contributed by atoms with van der Waals surface area (Å²) in [7, 11) is -3.64.